The van der Waals surface area contributed by atoms with Crippen molar-refractivity contribution in [1.82, 2.24) is 5.32 Å². The van der Waals surface area contributed by atoms with Gasteiger partial charge in [-0.25, -0.2) is 4.79 Å². The fourth-order valence-corrected chi connectivity index (χ4v) is 1.55. The summed E-state index contributed by atoms with van der Waals surface area (Å²) < 4.78 is 4.86. The summed E-state index contributed by atoms with van der Waals surface area (Å²) in [5.74, 6) is -0.358. The van der Waals surface area contributed by atoms with Gasteiger partial charge in [-0.3, -0.25) is 4.79 Å². The first-order valence-corrected chi connectivity index (χ1v) is 6.21. The molecule has 0 aliphatic rings. The molecule has 0 spiro atoms. The molecule has 0 heterocycles. The van der Waals surface area contributed by atoms with Crippen molar-refractivity contribution in [2.75, 3.05) is 6.61 Å². The van der Waals surface area contributed by atoms with Crippen LogP contribution in [-0.2, 0) is 14.3 Å². The molecule has 0 aromatic carbocycles. The van der Waals surface area contributed by atoms with Crippen LogP contribution >= 0.6 is 0 Å². The van der Waals surface area contributed by atoms with E-state index in [-0.39, 0.29) is 17.7 Å². The summed E-state index contributed by atoms with van der Waals surface area (Å²) in [5.41, 5.74) is 0.589. The Morgan fingerprint density at radius 2 is 1.94 bits per heavy atom. The average Bonchev–Trinajstić information content (AvgIpc) is 2.27. The van der Waals surface area contributed by atoms with Crippen LogP contribution in [0.1, 0.15) is 34.6 Å². The Morgan fingerprint density at radius 3 is 2.39 bits per heavy atom. The molecule has 4 heteroatoms. The van der Waals surface area contributed by atoms with Crippen molar-refractivity contribution in [3.05, 3.63) is 23.9 Å². The smallest absolute Gasteiger partial charge is 0.332 e. The molecule has 1 N–H and O–H groups in total. The lowest BCUT2D eigenvalue weighted by molar-refractivity contribution is -0.137. The van der Waals surface area contributed by atoms with E-state index in [1.54, 1.807) is 6.92 Å². The summed E-state index contributed by atoms with van der Waals surface area (Å²) >= 11 is 0. The van der Waals surface area contributed by atoms with Crippen LogP contribution in [0.3, 0.4) is 0 Å². The van der Waals surface area contributed by atoms with E-state index in [0.29, 0.717) is 12.3 Å². The van der Waals surface area contributed by atoms with Gasteiger partial charge in [-0.15, -0.1) is 0 Å². The molecule has 18 heavy (non-hydrogen) atoms. The standard InChI is InChI=1S/C14H23NO3/c1-6-8-10(3)11(4)13(15-12(5)16)9-14(17)18-7-2/h6,8-11H,7H2,1-5H3,(H,15,16)/b8-6+,13-9?. The highest BCUT2D eigenvalue weighted by atomic mass is 16.5. The zero-order valence-electron chi connectivity index (χ0n) is 11.8. The Bertz CT molecular complexity index is 345. The number of hydrogen-bond acceptors (Lipinski definition) is 3. The summed E-state index contributed by atoms with van der Waals surface area (Å²) in [4.78, 5) is 22.6. The number of allylic oxidation sites excluding steroid dienone is 3. The average molecular weight is 253 g/mol. The van der Waals surface area contributed by atoms with E-state index in [2.05, 4.69) is 5.32 Å². The third-order valence-electron chi connectivity index (χ3n) is 2.66. The van der Waals surface area contributed by atoms with Gasteiger partial charge in [0.25, 0.3) is 0 Å². The van der Waals surface area contributed by atoms with Gasteiger partial charge in [-0.2, -0.15) is 0 Å². The molecule has 2 unspecified atom stereocenters. The highest BCUT2D eigenvalue weighted by Crippen LogP contribution is 2.19. The van der Waals surface area contributed by atoms with Gasteiger partial charge in [-0.1, -0.05) is 26.0 Å². The van der Waals surface area contributed by atoms with Gasteiger partial charge >= 0.3 is 5.97 Å². The zero-order valence-corrected chi connectivity index (χ0v) is 11.8. The van der Waals surface area contributed by atoms with Gasteiger partial charge < -0.3 is 10.1 Å². The van der Waals surface area contributed by atoms with Crippen LogP contribution in [0.2, 0.25) is 0 Å². The monoisotopic (exact) mass is 253 g/mol. The Hall–Kier alpha value is -1.58. The first kappa shape index (κ1) is 16.4. The minimum Gasteiger partial charge on any atom is -0.463 e. The van der Waals surface area contributed by atoms with E-state index < -0.39 is 5.97 Å². The molecular formula is C14H23NO3. The number of nitrogens with one attached hydrogen (secondary N) is 1. The summed E-state index contributed by atoms with van der Waals surface area (Å²) in [5, 5.41) is 2.70. The second kappa shape index (κ2) is 8.50. The molecule has 102 valence electrons. The number of rotatable bonds is 6. The maximum atomic E-state index is 11.5. The summed E-state index contributed by atoms with van der Waals surface area (Å²) in [6.07, 6.45) is 5.35. The summed E-state index contributed by atoms with van der Waals surface area (Å²) in [6.45, 7) is 9.43. The number of amides is 1. The Balaban J connectivity index is 4.97. The number of hydrogen-bond donors (Lipinski definition) is 1. The van der Waals surface area contributed by atoms with E-state index in [0.717, 1.165) is 0 Å². The number of carbonyl (C=O) groups excluding carboxylic acids is 2. The van der Waals surface area contributed by atoms with Gasteiger partial charge in [-0.05, 0) is 19.8 Å². The highest BCUT2D eigenvalue weighted by molar-refractivity contribution is 5.84. The molecule has 0 aromatic heterocycles. The lowest BCUT2D eigenvalue weighted by atomic mass is 9.92. The van der Waals surface area contributed by atoms with E-state index in [1.165, 1.54) is 13.0 Å². The first-order valence-electron chi connectivity index (χ1n) is 6.21. The summed E-state index contributed by atoms with van der Waals surface area (Å²) in [6, 6.07) is 0. The van der Waals surface area contributed by atoms with Crippen molar-refractivity contribution in [3.8, 4) is 0 Å². The quantitative estimate of drug-likeness (QED) is 0.449. The molecule has 4 nitrogen and oxygen atoms in total. The third-order valence-corrected chi connectivity index (χ3v) is 2.66. The molecule has 0 fully saturated rings. The lowest BCUT2D eigenvalue weighted by Crippen LogP contribution is -2.27. The van der Waals surface area contributed by atoms with Crippen molar-refractivity contribution < 1.29 is 14.3 Å². The molecule has 0 rings (SSSR count). The van der Waals surface area contributed by atoms with Gasteiger partial charge in [0.1, 0.15) is 0 Å². The van der Waals surface area contributed by atoms with Crippen molar-refractivity contribution in [3.63, 3.8) is 0 Å². The third kappa shape index (κ3) is 6.23. The maximum absolute atomic E-state index is 11.5. The Labute approximate surface area is 109 Å². The van der Waals surface area contributed by atoms with Gasteiger partial charge in [0.2, 0.25) is 5.91 Å². The largest absolute Gasteiger partial charge is 0.463 e. The van der Waals surface area contributed by atoms with Gasteiger partial charge in [0, 0.05) is 24.6 Å². The van der Waals surface area contributed by atoms with E-state index in [9.17, 15) is 9.59 Å². The second-order valence-electron chi connectivity index (χ2n) is 4.21. The van der Waals surface area contributed by atoms with E-state index in [4.69, 9.17) is 4.74 Å². The Kier molecular flexibility index (Phi) is 7.76. The number of ether oxygens (including phenoxy) is 1. The SMILES string of the molecule is C/C=C/C(C)C(C)C(=CC(=O)OCC)NC(C)=O. The van der Waals surface area contributed by atoms with Crippen molar-refractivity contribution in [2.24, 2.45) is 11.8 Å². The molecule has 0 saturated carbocycles. The van der Waals surface area contributed by atoms with Crippen LogP contribution in [0.15, 0.2) is 23.9 Å². The summed E-state index contributed by atoms with van der Waals surface area (Å²) in [7, 11) is 0. The minimum atomic E-state index is -0.430. The molecule has 2 atom stereocenters. The second-order valence-corrected chi connectivity index (χ2v) is 4.21. The van der Waals surface area contributed by atoms with E-state index in [1.807, 2.05) is 32.9 Å². The molecule has 0 radical (unpaired) electrons. The lowest BCUT2D eigenvalue weighted by Gasteiger charge is -2.20. The minimum absolute atomic E-state index is 0.0366. The topological polar surface area (TPSA) is 55.4 Å². The Morgan fingerprint density at radius 1 is 1.33 bits per heavy atom. The van der Waals surface area contributed by atoms with Crippen LogP contribution in [0.25, 0.3) is 0 Å². The number of carbonyl (C=O) groups is 2. The van der Waals surface area contributed by atoms with Gasteiger partial charge in [0.15, 0.2) is 0 Å². The molecule has 0 aliphatic heterocycles. The molecule has 0 aromatic rings. The van der Waals surface area contributed by atoms with Crippen LogP contribution in [0.4, 0.5) is 0 Å². The predicted octanol–water partition coefficient (Wildman–Crippen LogP) is 2.42. The van der Waals surface area contributed by atoms with Crippen LogP contribution in [0.5, 0.6) is 0 Å². The van der Waals surface area contributed by atoms with Crippen molar-refractivity contribution in [1.29, 1.82) is 0 Å². The fraction of sp³-hybridized carbons (Fsp3) is 0.571. The molecule has 1 amide bonds. The predicted molar refractivity (Wildman–Crippen MR) is 71.7 cm³/mol. The normalized spacial score (nSPS) is 15.3. The molecule has 0 aliphatic carbocycles. The molecule has 0 bridgehead atoms. The molecule has 0 saturated heterocycles. The van der Waals surface area contributed by atoms with E-state index >= 15 is 0 Å². The zero-order chi connectivity index (χ0) is 14.1. The highest BCUT2D eigenvalue weighted by Gasteiger charge is 2.17. The van der Waals surface area contributed by atoms with Crippen LogP contribution < -0.4 is 5.32 Å². The van der Waals surface area contributed by atoms with Crippen LogP contribution in [-0.4, -0.2) is 18.5 Å². The van der Waals surface area contributed by atoms with Crippen LogP contribution in [0, 0.1) is 11.8 Å². The van der Waals surface area contributed by atoms with Crippen molar-refractivity contribution in [2.45, 2.75) is 34.6 Å². The molecular weight excluding hydrogens is 230 g/mol. The number of esters is 1. The fourth-order valence-electron chi connectivity index (χ4n) is 1.55. The first-order chi connectivity index (χ1) is 8.42. The maximum Gasteiger partial charge on any atom is 0.332 e. The van der Waals surface area contributed by atoms with Gasteiger partial charge in [0.05, 0.1) is 6.61 Å². The van der Waals surface area contributed by atoms with Crippen molar-refractivity contribution >= 4 is 11.9 Å².